The average Bonchev–Trinajstić information content (AvgIpc) is 2.66. The fourth-order valence-electron chi connectivity index (χ4n) is 2.60. The molecular weight excluding hydrogens is 371 g/mol. The Morgan fingerprint density at radius 3 is 2.46 bits per heavy atom. The van der Waals surface area contributed by atoms with Gasteiger partial charge in [0.05, 0.1) is 0 Å². The van der Waals surface area contributed by atoms with Crippen LogP contribution in [-0.2, 0) is 17.4 Å². The van der Waals surface area contributed by atoms with Crippen LogP contribution in [0.25, 0.3) is 11.1 Å². The number of aliphatic carboxylic acids is 1. The highest BCUT2D eigenvalue weighted by atomic mass is 19.4. The first-order valence-electron chi connectivity index (χ1n) is 8.40. The molecule has 0 bridgehead atoms. The predicted octanol–water partition coefficient (Wildman–Crippen LogP) is 4.92. The molecule has 0 radical (unpaired) electrons. The van der Waals surface area contributed by atoms with Crippen molar-refractivity contribution in [1.29, 1.82) is 0 Å². The molecule has 28 heavy (non-hydrogen) atoms. The van der Waals surface area contributed by atoms with Gasteiger partial charge in [-0.25, -0.2) is 9.97 Å². The van der Waals surface area contributed by atoms with Crippen LogP contribution in [0.2, 0.25) is 0 Å². The first-order valence-corrected chi connectivity index (χ1v) is 8.40. The van der Waals surface area contributed by atoms with Crippen molar-refractivity contribution in [1.82, 2.24) is 9.97 Å². The Kier molecular flexibility index (Phi) is 5.58. The Morgan fingerprint density at radius 2 is 1.79 bits per heavy atom. The molecule has 0 spiro atoms. The molecule has 0 aliphatic carbocycles. The minimum atomic E-state index is -4.54. The summed E-state index contributed by atoms with van der Waals surface area (Å²) >= 11 is 0. The number of aromatic nitrogens is 2. The van der Waals surface area contributed by atoms with Crippen LogP contribution in [0.4, 0.5) is 24.8 Å². The normalized spacial score (nSPS) is 11.2. The molecule has 0 aliphatic rings. The second-order valence-electron chi connectivity index (χ2n) is 6.06. The number of alkyl halides is 3. The lowest BCUT2D eigenvalue weighted by Gasteiger charge is -2.10. The SMILES string of the molecule is O=C(O)CCc1ccc(-c2cccc(Nc3nccc(C(F)(F)F)n3)c2)cc1. The van der Waals surface area contributed by atoms with Gasteiger partial charge in [-0.2, -0.15) is 13.2 Å². The molecule has 5 nitrogen and oxygen atoms in total. The third kappa shape index (κ3) is 5.06. The molecule has 1 heterocycles. The second kappa shape index (κ2) is 8.08. The highest BCUT2D eigenvalue weighted by Crippen LogP contribution is 2.29. The van der Waals surface area contributed by atoms with Crippen molar-refractivity contribution in [3.63, 3.8) is 0 Å². The molecule has 0 aliphatic heterocycles. The smallest absolute Gasteiger partial charge is 0.433 e. The van der Waals surface area contributed by atoms with Gasteiger partial charge in [-0.3, -0.25) is 4.79 Å². The predicted molar refractivity (Wildman–Crippen MR) is 98.2 cm³/mol. The van der Waals surface area contributed by atoms with E-state index in [9.17, 15) is 18.0 Å². The maximum Gasteiger partial charge on any atom is 0.433 e. The fraction of sp³-hybridized carbons (Fsp3) is 0.150. The highest BCUT2D eigenvalue weighted by Gasteiger charge is 2.32. The van der Waals surface area contributed by atoms with Crippen LogP contribution in [0.3, 0.4) is 0 Å². The Balaban J connectivity index is 1.76. The van der Waals surface area contributed by atoms with Crippen LogP contribution >= 0.6 is 0 Å². The zero-order valence-corrected chi connectivity index (χ0v) is 14.6. The number of halogens is 3. The van der Waals surface area contributed by atoms with Crippen LogP contribution in [0.1, 0.15) is 17.7 Å². The van der Waals surface area contributed by atoms with E-state index in [0.29, 0.717) is 12.1 Å². The van der Waals surface area contributed by atoms with Gasteiger partial charge in [-0.15, -0.1) is 0 Å². The average molecular weight is 387 g/mol. The van der Waals surface area contributed by atoms with Crippen molar-refractivity contribution in [3.8, 4) is 11.1 Å². The van der Waals surface area contributed by atoms with Gasteiger partial charge in [0.1, 0.15) is 5.69 Å². The first-order chi connectivity index (χ1) is 13.3. The number of hydrogen-bond acceptors (Lipinski definition) is 4. The topological polar surface area (TPSA) is 75.1 Å². The molecule has 0 fully saturated rings. The molecule has 8 heteroatoms. The second-order valence-corrected chi connectivity index (χ2v) is 6.06. The summed E-state index contributed by atoms with van der Waals surface area (Å²) in [7, 11) is 0. The molecule has 144 valence electrons. The first kappa shape index (κ1) is 19.3. The minimum absolute atomic E-state index is 0.0652. The molecule has 0 saturated carbocycles. The number of carbonyl (C=O) groups is 1. The van der Waals surface area contributed by atoms with E-state index >= 15 is 0 Å². The summed E-state index contributed by atoms with van der Waals surface area (Å²) in [5.41, 5.74) is 2.19. The molecular formula is C20H16F3N3O2. The molecule has 3 aromatic rings. The number of aryl methyl sites for hydroxylation is 1. The minimum Gasteiger partial charge on any atom is -0.481 e. The summed E-state index contributed by atoms with van der Waals surface area (Å²) in [4.78, 5) is 18.0. The maximum atomic E-state index is 12.8. The fourth-order valence-corrected chi connectivity index (χ4v) is 2.60. The molecule has 2 aromatic carbocycles. The number of rotatable bonds is 6. The van der Waals surface area contributed by atoms with Crippen molar-refractivity contribution in [2.45, 2.75) is 19.0 Å². The number of carboxylic acids is 1. The van der Waals surface area contributed by atoms with Crippen LogP contribution in [-0.4, -0.2) is 21.0 Å². The van der Waals surface area contributed by atoms with Gasteiger partial charge < -0.3 is 10.4 Å². The van der Waals surface area contributed by atoms with Crippen LogP contribution in [0, 0.1) is 0 Å². The van der Waals surface area contributed by atoms with Gasteiger partial charge in [0.2, 0.25) is 5.95 Å². The lowest BCUT2D eigenvalue weighted by atomic mass is 10.0. The van der Waals surface area contributed by atoms with Crippen molar-refractivity contribution < 1.29 is 23.1 Å². The third-order valence-electron chi connectivity index (χ3n) is 3.98. The monoisotopic (exact) mass is 387 g/mol. The number of nitrogens with zero attached hydrogens (tertiary/aromatic N) is 2. The third-order valence-corrected chi connectivity index (χ3v) is 3.98. The highest BCUT2D eigenvalue weighted by molar-refractivity contribution is 5.70. The maximum absolute atomic E-state index is 12.8. The van der Waals surface area contributed by atoms with Crippen molar-refractivity contribution >= 4 is 17.6 Å². The molecule has 2 N–H and O–H groups in total. The molecule has 3 rings (SSSR count). The largest absolute Gasteiger partial charge is 0.481 e. The summed E-state index contributed by atoms with van der Waals surface area (Å²) < 4.78 is 38.3. The Morgan fingerprint density at radius 1 is 1.04 bits per heavy atom. The van der Waals surface area contributed by atoms with Gasteiger partial charge in [-0.05, 0) is 41.3 Å². The van der Waals surface area contributed by atoms with Gasteiger partial charge in [0.15, 0.2) is 0 Å². The molecule has 1 aromatic heterocycles. The Labute approximate surface area is 158 Å². The van der Waals surface area contributed by atoms with Gasteiger partial charge in [-0.1, -0.05) is 36.4 Å². The zero-order valence-electron chi connectivity index (χ0n) is 14.6. The lowest BCUT2D eigenvalue weighted by Crippen LogP contribution is -2.10. The summed E-state index contributed by atoms with van der Waals surface area (Å²) in [6, 6.07) is 15.4. The van der Waals surface area contributed by atoms with Crippen LogP contribution < -0.4 is 5.32 Å². The molecule has 0 unspecified atom stereocenters. The lowest BCUT2D eigenvalue weighted by molar-refractivity contribution is -0.141. The van der Waals surface area contributed by atoms with E-state index in [1.807, 2.05) is 30.3 Å². The van der Waals surface area contributed by atoms with E-state index in [4.69, 9.17) is 5.11 Å². The summed E-state index contributed by atoms with van der Waals surface area (Å²) in [6.07, 6.45) is -2.97. The summed E-state index contributed by atoms with van der Waals surface area (Å²) in [5.74, 6) is -0.990. The Bertz CT molecular complexity index is 973. The number of carboxylic acid groups (broad SMARTS) is 1. The van der Waals surface area contributed by atoms with Crippen molar-refractivity contribution in [3.05, 3.63) is 72.1 Å². The molecule has 0 atom stereocenters. The van der Waals surface area contributed by atoms with Crippen molar-refractivity contribution in [2.24, 2.45) is 0 Å². The summed E-state index contributed by atoms with van der Waals surface area (Å²) in [5, 5.41) is 11.5. The van der Waals surface area contributed by atoms with Crippen LogP contribution in [0.5, 0.6) is 0 Å². The Hall–Kier alpha value is -3.42. The number of anilines is 2. The number of hydrogen-bond donors (Lipinski definition) is 2. The van der Waals surface area contributed by atoms with E-state index in [2.05, 4.69) is 15.3 Å². The molecule has 0 amide bonds. The van der Waals surface area contributed by atoms with Crippen LogP contribution in [0.15, 0.2) is 60.8 Å². The molecule has 0 saturated heterocycles. The van der Waals surface area contributed by atoms with Crippen molar-refractivity contribution in [2.75, 3.05) is 5.32 Å². The number of nitrogens with one attached hydrogen (secondary N) is 1. The van der Waals surface area contributed by atoms with E-state index < -0.39 is 17.8 Å². The van der Waals surface area contributed by atoms with E-state index in [-0.39, 0.29) is 12.4 Å². The van der Waals surface area contributed by atoms with Gasteiger partial charge >= 0.3 is 12.1 Å². The summed E-state index contributed by atoms with van der Waals surface area (Å²) in [6.45, 7) is 0. The quantitative estimate of drug-likeness (QED) is 0.628. The van der Waals surface area contributed by atoms with Gasteiger partial charge in [0.25, 0.3) is 0 Å². The zero-order chi connectivity index (χ0) is 20.1. The van der Waals surface area contributed by atoms with E-state index in [0.717, 1.165) is 29.0 Å². The van der Waals surface area contributed by atoms with Gasteiger partial charge in [0, 0.05) is 18.3 Å². The van der Waals surface area contributed by atoms with E-state index in [1.165, 1.54) is 0 Å². The van der Waals surface area contributed by atoms with E-state index in [1.54, 1.807) is 18.2 Å². The number of benzene rings is 2. The standard InChI is InChI=1S/C20H16F3N3O2/c21-20(22,23)17-10-11-24-19(26-17)25-16-3-1-2-15(12-16)14-7-4-13(5-8-14)6-9-18(27)28/h1-5,7-8,10-12H,6,9H2,(H,27,28)(H,24,25,26).